The molecule has 20 heavy (non-hydrogen) atoms. The van der Waals surface area contributed by atoms with Gasteiger partial charge in [0.2, 0.25) is 5.91 Å². The second-order valence-electron chi connectivity index (χ2n) is 5.62. The minimum atomic E-state index is 0.0725. The lowest BCUT2D eigenvalue weighted by atomic mass is 10.1. The Hall–Kier alpha value is -1.00. The normalized spacial score (nSPS) is 17.1. The fourth-order valence-corrected chi connectivity index (χ4v) is 4.08. The van der Waals surface area contributed by atoms with Crippen LogP contribution in [0.25, 0.3) is 0 Å². The van der Waals surface area contributed by atoms with Gasteiger partial charge in [0.05, 0.1) is 0 Å². The lowest BCUT2D eigenvalue weighted by molar-refractivity contribution is -0.121. The number of carbonyl (C=O) groups is 1. The summed E-state index contributed by atoms with van der Waals surface area (Å²) in [7, 11) is 0. The number of nitrogens with one attached hydrogen (secondary N) is 1. The number of hydrogen-bond donors (Lipinski definition) is 2. The zero-order valence-electron chi connectivity index (χ0n) is 12.2. The van der Waals surface area contributed by atoms with Gasteiger partial charge in [0.15, 0.2) is 0 Å². The number of thioether (sulfide) groups is 1. The number of carbonyl (C=O) groups excluding carboxylic acids is 1. The quantitative estimate of drug-likeness (QED) is 0.847. The van der Waals surface area contributed by atoms with Gasteiger partial charge < -0.3 is 11.1 Å². The van der Waals surface area contributed by atoms with E-state index in [-0.39, 0.29) is 10.7 Å². The molecule has 1 saturated carbocycles. The summed E-state index contributed by atoms with van der Waals surface area (Å²) in [4.78, 5) is 12.9. The largest absolute Gasteiger partial charge is 0.355 e. The minimum Gasteiger partial charge on any atom is -0.355 e. The van der Waals surface area contributed by atoms with Crippen molar-refractivity contribution in [2.45, 2.75) is 48.7 Å². The smallest absolute Gasteiger partial charge is 0.221 e. The first-order valence-corrected chi connectivity index (χ1v) is 8.18. The molecule has 0 aromatic heterocycles. The first-order valence-electron chi connectivity index (χ1n) is 7.36. The molecule has 0 atom stereocenters. The maximum absolute atomic E-state index is 11.6. The molecule has 0 radical (unpaired) electrons. The Morgan fingerprint density at radius 1 is 1.30 bits per heavy atom. The molecule has 1 fully saturated rings. The molecule has 0 unspecified atom stereocenters. The van der Waals surface area contributed by atoms with Gasteiger partial charge in [-0.1, -0.05) is 30.5 Å². The van der Waals surface area contributed by atoms with Crippen LogP contribution >= 0.6 is 11.8 Å². The summed E-state index contributed by atoms with van der Waals surface area (Å²) in [5.74, 6) is 0.0725. The van der Waals surface area contributed by atoms with E-state index in [0.29, 0.717) is 13.0 Å². The molecule has 3 nitrogen and oxygen atoms in total. The van der Waals surface area contributed by atoms with Crippen LogP contribution in [0.4, 0.5) is 0 Å². The number of amides is 1. The van der Waals surface area contributed by atoms with Crippen LogP contribution in [0.15, 0.2) is 29.2 Å². The Morgan fingerprint density at radius 3 is 2.55 bits per heavy atom. The summed E-state index contributed by atoms with van der Waals surface area (Å²) < 4.78 is 0.166. The molecule has 1 amide bonds. The molecule has 0 heterocycles. The van der Waals surface area contributed by atoms with Crippen molar-refractivity contribution in [3.05, 3.63) is 29.8 Å². The summed E-state index contributed by atoms with van der Waals surface area (Å²) in [6.07, 6.45) is 5.28. The van der Waals surface area contributed by atoms with Crippen molar-refractivity contribution in [2.75, 3.05) is 13.1 Å². The van der Waals surface area contributed by atoms with E-state index in [0.717, 1.165) is 6.54 Å². The van der Waals surface area contributed by atoms with Crippen LogP contribution < -0.4 is 11.1 Å². The SMILES string of the molecule is Cc1ccc(SC2(CNC(=O)CCN)CCCC2)cc1. The van der Waals surface area contributed by atoms with Crippen molar-refractivity contribution >= 4 is 17.7 Å². The third-order valence-electron chi connectivity index (χ3n) is 3.85. The van der Waals surface area contributed by atoms with Crippen LogP contribution in [0.5, 0.6) is 0 Å². The van der Waals surface area contributed by atoms with E-state index in [9.17, 15) is 4.79 Å². The topological polar surface area (TPSA) is 55.1 Å². The molecular formula is C16H24N2OS. The monoisotopic (exact) mass is 292 g/mol. The Labute approximate surface area is 125 Å². The van der Waals surface area contributed by atoms with E-state index >= 15 is 0 Å². The van der Waals surface area contributed by atoms with Crippen molar-refractivity contribution in [1.29, 1.82) is 0 Å². The fraction of sp³-hybridized carbons (Fsp3) is 0.562. The Morgan fingerprint density at radius 2 is 1.95 bits per heavy atom. The van der Waals surface area contributed by atoms with Crippen molar-refractivity contribution in [1.82, 2.24) is 5.32 Å². The Bertz CT molecular complexity index is 438. The van der Waals surface area contributed by atoms with Crippen molar-refractivity contribution in [3.8, 4) is 0 Å². The number of nitrogens with two attached hydrogens (primary N) is 1. The highest BCUT2D eigenvalue weighted by Gasteiger charge is 2.35. The van der Waals surface area contributed by atoms with Gasteiger partial charge in [0, 0.05) is 29.2 Å². The second kappa shape index (κ2) is 7.14. The molecular weight excluding hydrogens is 268 g/mol. The van der Waals surface area contributed by atoms with E-state index in [4.69, 9.17) is 5.73 Å². The lowest BCUT2D eigenvalue weighted by Crippen LogP contribution is -2.39. The molecule has 1 aromatic carbocycles. The van der Waals surface area contributed by atoms with E-state index in [1.54, 1.807) is 0 Å². The van der Waals surface area contributed by atoms with E-state index in [2.05, 4.69) is 36.5 Å². The van der Waals surface area contributed by atoms with Gasteiger partial charge >= 0.3 is 0 Å². The van der Waals surface area contributed by atoms with Crippen molar-refractivity contribution in [2.24, 2.45) is 5.73 Å². The highest BCUT2D eigenvalue weighted by atomic mass is 32.2. The van der Waals surface area contributed by atoms with Gasteiger partial charge in [-0.2, -0.15) is 0 Å². The predicted octanol–water partition coefficient (Wildman–Crippen LogP) is 2.86. The van der Waals surface area contributed by atoms with Crippen LogP contribution in [0, 0.1) is 6.92 Å². The third kappa shape index (κ3) is 4.25. The van der Waals surface area contributed by atoms with Crippen LogP contribution in [0.2, 0.25) is 0 Å². The Balaban J connectivity index is 1.98. The minimum absolute atomic E-state index is 0.0725. The van der Waals surface area contributed by atoms with Crippen molar-refractivity contribution < 1.29 is 4.79 Å². The summed E-state index contributed by atoms with van der Waals surface area (Å²) in [6, 6.07) is 8.67. The van der Waals surface area contributed by atoms with E-state index in [1.807, 2.05) is 11.8 Å². The number of hydrogen-bond acceptors (Lipinski definition) is 3. The first kappa shape index (κ1) is 15.4. The molecule has 1 aliphatic carbocycles. The van der Waals surface area contributed by atoms with Crippen LogP contribution in [0.3, 0.4) is 0 Å². The lowest BCUT2D eigenvalue weighted by Gasteiger charge is -2.28. The van der Waals surface area contributed by atoms with Crippen LogP contribution in [-0.2, 0) is 4.79 Å². The summed E-state index contributed by atoms with van der Waals surface area (Å²) in [5.41, 5.74) is 6.70. The second-order valence-corrected chi connectivity index (χ2v) is 7.16. The maximum atomic E-state index is 11.6. The molecule has 1 aliphatic rings. The van der Waals surface area contributed by atoms with Gasteiger partial charge in [-0.3, -0.25) is 4.79 Å². The average molecular weight is 292 g/mol. The average Bonchev–Trinajstić information content (AvgIpc) is 2.89. The Kier molecular flexibility index (Phi) is 5.49. The molecule has 110 valence electrons. The van der Waals surface area contributed by atoms with E-state index < -0.39 is 0 Å². The number of rotatable bonds is 6. The summed E-state index contributed by atoms with van der Waals surface area (Å²) in [6.45, 7) is 3.28. The van der Waals surface area contributed by atoms with Crippen LogP contribution in [0.1, 0.15) is 37.7 Å². The highest BCUT2D eigenvalue weighted by molar-refractivity contribution is 8.00. The summed E-state index contributed by atoms with van der Waals surface area (Å²) in [5, 5.41) is 3.06. The summed E-state index contributed by atoms with van der Waals surface area (Å²) >= 11 is 1.92. The molecule has 2 rings (SSSR count). The standard InChI is InChI=1S/C16H24N2OS/c1-13-4-6-14(7-5-13)20-16(9-2-3-10-16)12-18-15(19)8-11-17/h4-7H,2-3,8-12,17H2,1H3,(H,18,19). The highest BCUT2D eigenvalue weighted by Crippen LogP contribution is 2.44. The molecule has 0 saturated heterocycles. The number of benzene rings is 1. The molecule has 0 bridgehead atoms. The molecule has 0 aliphatic heterocycles. The predicted molar refractivity (Wildman–Crippen MR) is 84.9 cm³/mol. The molecule has 3 N–H and O–H groups in total. The van der Waals surface area contributed by atoms with Gasteiger partial charge in [0.1, 0.15) is 0 Å². The molecule has 0 spiro atoms. The first-order chi connectivity index (χ1) is 9.63. The van der Waals surface area contributed by atoms with E-state index in [1.165, 1.54) is 36.1 Å². The van der Waals surface area contributed by atoms with Gasteiger partial charge in [-0.05, 0) is 31.9 Å². The van der Waals surface area contributed by atoms with Crippen molar-refractivity contribution in [3.63, 3.8) is 0 Å². The zero-order chi connectivity index (χ0) is 14.4. The van der Waals surface area contributed by atoms with Gasteiger partial charge in [0.25, 0.3) is 0 Å². The van der Waals surface area contributed by atoms with Gasteiger partial charge in [-0.25, -0.2) is 0 Å². The molecule has 4 heteroatoms. The zero-order valence-corrected chi connectivity index (χ0v) is 13.0. The number of aryl methyl sites for hydroxylation is 1. The fourth-order valence-electron chi connectivity index (χ4n) is 2.67. The molecule has 1 aromatic rings. The van der Waals surface area contributed by atoms with Crippen LogP contribution in [-0.4, -0.2) is 23.7 Å². The van der Waals surface area contributed by atoms with Gasteiger partial charge in [-0.15, -0.1) is 11.8 Å². The maximum Gasteiger partial charge on any atom is 0.221 e. The third-order valence-corrected chi connectivity index (χ3v) is 5.34.